The molecule has 0 atom stereocenters. The van der Waals surface area contributed by atoms with Crippen LogP contribution in [0.3, 0.4) is 0 Å². The van der Waals surface area contributed by atoms with Crippen LogP contribution < -0.4 is 5.32 Å². The number of rotatable bonds is 12. The lowest BCUT2D eigenvalue weighted by molar-refractivity contribution is -0.143. The number of carbonyl (C=O) groups is 1. The Morgan fingerprint density at radius 2 is 2.00 bits per heavy atom. The molecule has 0 spiro atoms. The molecule has 0 bridgehead atoms. The summed E-state index contributed by atoms with van der Waals surface area (Å²) in [4.78, 5) is 13.7. The Morgan fingerprint density at radius 3 is 2.63 bits per heavy atom. The van der Waals surface area contributed by atoms with E-state index in [4.69, 9.17) is 4.74 Å². The quantitative estimate of drug-likeness (QED) is 0.436. The van der Waals surface area contributed by atoms with Crippen LogP contribution in [-0.2, 0) is 9.53 Å². The molecule has 1 N–H and O–H groups in total. The Labute approximate surface area is 117 Å². The fourth-order valence-corrected chi connectivity index (χ4v) is 2.32. The van der Waals surface area contributed by atoms with Gasteiger partial charge in [-0.2, -0.15) is 0 Å². The van der Waals surface area contributed by atoms with Crippen molar-refractivity contribution in [3.63, 3.8) is 0 Å². The van der Waals surface area contributed by atoms with E-state index in [-0.39, 0.29) is 5.97 Å². The van der Waals surface area contributed by atoms with E-state index < -0.39 is 0 Å². The van der Waals surface area contributed by atoms with Crippen LogP contribution in [-0.4, -0.2) is 49.7 Å². The summed E-state index contributed by atoms with van der Waals surface area (Å²) in [5.74, 6) is -0.0570. The van der Waals surface area contributed by atoms with Crippen molar-refractivity contribution in [3.8, 4) is 0 Å². The Morgan fingerprint density at radius 1 is 1.21 bits per heavy atom. The van der Waals surface area contributed by atoms with Gasteiger partial charge in [-0.05, 0) is 45.7 Å². The molecule has 1 saturated carbocycles. The van der Waals surface area contributed by atoms with Crippen LogP contribution in [0.2, 0.25) is 0 Å². The minimum Gasteiger partial charge on any atom is -0.466 e. The van der Waals surface area contributed by atoms with Crippen LogP contribution in [0, 0.1) is 0 Å². The van der Waals surface area contributed by atoms with Gasteiger partial charge >= 0.3 is 5.97 Å². The molecule has 0 aromatic heterocycles. The predicted octanol–water partition coefficient (Wildman–Crippen LogP) is 2.18. The Hall–Kier alpha value is -0.610. The van der Waals surface area contributed by atoms with Gasteiger partial charge in [-0.1, -0.05) is 13.3 Å². The summed E-state index contributed by atoms with van der Waals surface area (Å²) in [6, 6.07) is 0.872. The second-order valence-electron chi connectivity index (χ2n) is 5.23. The molecule has 4 nitrogen and oxygen atoms in total. The average molecular weight is 270 g/mol. The zero-order valence-corrected chi connectivity index (χ0v) is 12.6. The first-order valence-electron chi connectivity index (χ1n) is 7.88. The van der Waals surface area contributed by atoms with Crippen molar-refractivity contribution in [1.29, 1.82) is 0 Å². The number of likely N-dealkylation sites (N-methyl/N-ethyl adjacent to an activating group) is 1. The predicted molar refractivity (Wildman–Crippen MR) is 78.2 cm³/mol. The van der Waals surface area contributed by atoms with Gasteiger partial charge < -0.3 is 10.1 Å². The van der Waals surface area contributed by atoms with Crippen molar-refractivity contribution >= 4 is 5.97 Å². The highest BCUT2D eigenvalue weighted by Gasteiger charge is 2.26. The molecule has 1 rings (SSSR count). The van der Waals surface area contributed by atoms with E-state index in [9.17, 15) is 4.79 Å². The molecule has 0 radical (unpaired) electrons. The van der Waals surface area contributed by atoms with Crippen molar-refractivity contribution in [1.82, 2.24) is 10.2 Å². The summed E-state index contributed by atoms with van der Waals surface area (Å²) < 4.78 is 4.89. The van der Waals surface area contributed by atoms with Gasteiger partial charge in [-0.15, -0.1) is 0 Å². The third-order valence-electron chi connectivity index (χ3n) is 3.59. The van der Waals surface area contributed by atoms with Crippen LogP contribution in [0.25, 0.3) is 0 Å². The molecule has 1 aliphatic carbocycles. The smallest absolute Gasteiger partial charge is 0.305 e. The lowest BCUT2D eigenvalue weighted by Gasteiger charge is -2.19. The van der Waals surface area contributed by atoms with Crippen molar-refractivity contribution in [2.45, 2.75) is 58.4 Å². The highest BCUT2D eigenvalue weighted by atomic mass is 16.5. The summed E-state index contributed by atoms with van der Waals surface area (Å²) in [6.07, 6.45) is 6.55. The van der Waals surface area contributed by atoms with Crippen molar-refractivity contribution < 1.29 is 9.53 Å². The molecule has 1 fully saturated rings. The summed E-state index contributed by atoms with van der Waals surface area (Å²) in [7, 11) is 0. The van der Waals surface area contributed by atoms with Crippen LogP contribution in [0.15, 0.2) is 0 Å². The first kappa shape index (κ1) is 16.4. The normalized spacial score (nSPS) is 14.9. The Kier molecular flexibility index (Phi) is 8.84. The fourth-order valence-electron chi connectivity index (χ4n) is 2.32. The molecule has 0 amide bonds. The lowest BCUT2D eigenvalue weighted by Crippen LogP contribution is -2.33. The lowest BCUT2D eigenvalue weighted by atomic mass is 10.2. The molecule has 0 saturated heterocycles. The molecule has 0 unspecified atom stereocenters. The van der Waals surface area contributed by atoms with E-state index in [0.29, 0.717) is 13.0 Å². The van der Waals surface area contributed by atoms with E-state index in [1.807, 2.05) is 6.92 Å². The second kappa shape index (κ2) is 10.2. The van der Waals surface area contributed by atoms with E-state index >= 15 is 0 Å². The molecule has 0 aliphatic heterocycles. The number of hydrogen-bond donors (Lipinski definition) is 1. The van der Waals surface area contributed by atoms with E-state index in [1.54, 1.807) is 0 Å². The summed E-state index contributed by atoms with van der Waals surface area (Å²) in [6.45, 7) is 9.08. The molecule has 0 aromatic rings. The summed E-state index contributed by atoms with van der Waals surface area (Å²) in [5.41, 5.74) is 0. The van der Waals surface area contributed by atoms with E-state index in [0.717, 1.165) is 38.4 Å². The Balaban J connectivity index is 1.81. The third kappa shape index (κ3) is 8.22. The van der Waals surface area contributed by atoms with Crippen molar-refractivity contribution in [2.75, 3.05) is 32.8 Å². The number of nitrogens with zero attached hydrogens (tertiary/aromatic N) is 1. The zero-order chi connectivity index (χ0) is 13.9. The van der Waals surface area contributed by atoms with E-state index in [2.05, 4.69) is 17.1 Å². The van der Waals surface area contributed by atoms with Gasteiger partial charge in [0.1, 0.15) is 0 Å². The van der Waals surface area contributed by atoms with Crippen LogP contribution in [0.1, 0.15) is 52.4 Å². The highest BCUT2D eigenvalue weighted by Crippen LogP contribution is 2.25. The minimum absolute atomic E-state index is 0.0570. The first-order valence-corrected chi connectivity index (χ1v) is 7.88. The maximum absolute atomic E-state index is 11.1. The second-order valence-corrected chi connectivity index (χ2v) is 5.23. The highest BCUT2D eigenvalue weighted by molar-refractivity contribution is 5.69. The number of esters is 1. The molecule has 1 aliphatic rings. The molecule has 19 heavy (non-hydrogen) atoms. The average Bonchev–Trinajstić information content (AvgIpc) is 3.22. The van der Waals surface area contributed by atoms with Gasteiger partial charge in [0.05, 0.1) is 6.61 Å². The van der Waals surface area contributed by atoms with Gasteiger partial charge in [-0.3, -0.25) is 9.69 Å². The minimum atomic E-state index is -0.0570. The number of unbranched alkanes of at least 4 members (excludes halogenated alkanes) is 2. The fraction of sp³-hybridized carbons (Fsp3) is 0.933. The maximum atomic E-state index is 11.1. The van der Waals surface area contributed by atoms with Gasteiger partial charge in [0.2, 0.25) is 0 Å². The van der Waals surface area contributed by atoms with Crippen molar-refractivity contribution in [3.05, 3.63) is 0 Å². The van der Waals surface area contributed by atoms with Gasteiger partial charge in [0.15, 0.2) is 0 Å². The number of nitrogens with one attached hydrogen (secondary N) is 1. The van der Waals surface area contributed by atoms with Crippen molar-refractivity contribution in [2.24, 2.45) is 0 Å². The van der Waals surface area contributed by atoms with Crippen LogP contribution in [0.5, 0.6) is 0 Å². The molecule has 0 heterocycles. The monoisotopic (exact) mass is 270 g/mol. The molecule has 0 aromatic carbocycles. The number of ether oxygens (including phenoxy) is 1. The van der Waals surface area contributed by atoms with E-state index in [1.165, 1.54) is 25.9 Å². The van der Waals surface area contributed by atoms with Crippen LogP contribution >= 0.6 is 0 Å². The topological polar surface area (TPSA) is 41.6 Å². The van der Waals surface area contributed by atoms with Gasteiger partial charge in [0.25, 0.3) is 0 Å². The van der Waals surface area contributed by atoms with Crippen LogP contribution in [0.4, 0.5) is 0 Å². The molecule has 4 heteroatoms. The third-order valence-corrected chi connectivity index (χ3v) is 3.59. The SMILES string of the molecule is CCOC(=O)CCCCCNCCN(CC)C1CC1. The Bertz CT molecular complexity index is 242. The molecule has 112 valence electrons. The first-order chi connectivity index (χ1) is 9.27. The number of carbonyl (C=O) groups excluding carboxylic acids is 1. The maximum Gasteiger partial charge on any atom is 0.305 e. The largest absolute Gasteiger partial charge is 0.466 e. The molecular weight excluding hydrogens is 240 g/mol. The zero-order valence-electron chi connectivity index (χ0n) is 12.6. The standard InChI is InChI=1S/C15H30N2O2/c1-3-17(14-9-10-14)13-12-16-11-7-5-6-8-15(18)19-4-2/h14,16H,3-13H2,1-2H3. The number of hydrogen-bond acceptors (Lipinski definition) is 4. The molecular formula is C15H30N2O2. The summed E-state index contributed by atoms with van der Waals surface area (Å²) >= 11 is 0. The van der Waals surface area contributed by atoms with Gasteiger partial charge in [0, 0.05) is 25.6 Å². The summed E-state index contributed by atoms with van der Waals surface area (Å²) in [5, 5.41) is 3.49. The van der Waals surface area contributed by atoms with Gasteiger partial charge in [-0.25, -0.2) is 0 Å².